The van der Waals surface area contributed by atoms with Gasteiger partial charge in [-0.2, -0.15) is 0 Å². The molecule has 0 aliphatic carbocycles. The number of para-hydroxylation sites is 1. The van der Waals surface area contributed by atoms with E-state index in [0.29, 0.717) is 37.5 Å². The van der Waals surface area contributed by atoms with E-state index < -0.39 is 0 Å². The van der Waals surface area contributed by atoms with Crippen molar-refractivity contribution in [2.24, 2.45) is 5.73 Å². The Bertz CT molecular complexity index is 754. The van der Waals surface area contributed by atoms with Crippen LogP contribution in [0.4, 0.5) is 0 Å². The second-order valence-corrected chi connectivity index (χ2v) is 5.61. The highest BCUT2D eigenvalue weighted by molar-refractivity contribution is 5.97. The predicted octanol–water partition coefficient (Wildman–Crippen LogP) is 1.46. The van der Waals surface area contributed by atoms with Gasteiger partial charge in [-0.3, -0.25) is 9.59 Å². The van der Waals surface area contributed by atoms with Gasteiger partial charge in [0.15, 0.2) is 0 Å². The Kier molecular flexibility index (Phi) is 6.06. The van der Waals surface area contributed by atoms with E-state index in [-0.39, 0.29) is 42.1 Å². The van der Waals surface area contributed by atoms with Crippen molar-refractivity contribution in [3.8, 4) is 5.75 Å². The Morgan fingerprint density at radius 3 is 2.24 bits per heavy atom. The normalized spacial score (nSPS) is 14.1. The molecule has 0 unspecified atom stereocenters. The number of carbonyl (C=O) groups excluding carboxylic acids is 2. The third-order valence-corrected chi connectivity index (χ3v) is 4.09. The number of piperazine rings is 1. The molecule has 3 rings (SSSR count). The number of phenolic OH excluding ortho intramolecular Hbond substituents is 1. The van der Waals surface area contributed by atoms with Crippen molar-refractivity contribution < 1.29 is 19.1 Å². The molecule has 0 spiro atoms. The van der Waals surface area contributed by atoms with Gasteiger partial charge in [0.2, 0.25) is 0 Å². The standard InChI is InChI=1S/C17H19N3O4.ClH/c18-10-13-9-12(11-24-13)16(22)19-5-7-20(8-6-19)17(23)14-3-1-2-4-15(14)21;/h1-4,9,11,21H,5-8,10,18H2;1H. The summed E-state index contributed by atoms with van der Waals surface area (Å²) in [5, 5.41) is 9.79. The molecule has 0 radical (unpaired) electrons. The van der Waals surface area contributed by atoms with E-state index in [4.69, 9.17) is 10.2 Å². The Labute approximate surface area is 151 Å². The number of halogens is 1. The molecule has 1 aliphatic heterocycles. The molecule has 0 saturated carbocycles. The van der Waals surface area contributed by atoms with Gasteiger partial charge < -0.3 is 25.1 Å². The van der Waals surface area contributed by atoms with E-state index in [1.54, 1.807) is 34.1 Å². The molecule has 3 N–H and O–H groups in total. The van der Waals surface area contributed by atoms with Crippen LogP contribution >= 0.6 is 12.4 Å². The molecular formula is C17H20ClN3O4. The number of nitrogens with two attached hydrogens (primary N) is 1. The van der Waals surface area contributed by atoms with Gasteiger partial charge in [-0.05, 0) is 18.2 Å². The quantitative estimate of drug-likeness (QED) is 0.857. The molecule has 8 heteroatoms. The molecule has 1 fully saturated rings. The third kappa shape index (κ3) is 3.94. The zero-order valence-electron chi connectivity index (χ0n) is 13.6. The highest BCUT2D eigenvalue weighted by Gasteiger charge is 2.27. The van der Waals surface area contributed by atoms with Gasteiger partial charge in [0.05, 0.1) is 17.7 Å². The van der Waals surface area contributed by atoms with Crippen LogP contribution in [0.15, 0.2) is 41.0 Å². The summed E-state index contributed by atoms with van der Waals surface area (Å²) in [4.78, 5) is 28.2. The van der Waals surface area contributed by atoms with Crippen molar-refractivity contribution in [1.82, 2.24) is 9.80 Å². The molecular weight excluding hydrogens is 346 g/mol. The summed E-state index contributed by atoms with van der Waals surface area (Å²) in [5.74, 6) is 0.169. The minimum absolute atomic E-state index is 0. The van der Waals surface area contributed by atoms with Crippen molar-refractivity contribution in [2.45, 2.75) is 6.54 Å². The second-order valence-electron chi connectivity index (χ2n) is 5.61. The third-order valence-electron chi connectivity index (χ3n) is 4.09. The number of aromatic hydroxyl groups is 1. The first-order valence-electron chi connectivity index (χ1n) is 7.74. The largest absolute Gasteiger partial charge is 0.507 e. The number of nitrogens with zero attached hydrogens (tertiary/aromatic N) is 2. The summed E-state index contributed by atoms with van der Waals surface area (Å²) in [6, 6.07) is 8.10. The molecule has 1 aromatic carbocycles. The molecule has 0 atom stereocenters. The lowest BCUT2D eigenvalue weighted by atomic mass is 10.1. The monoisotopic (exact) mass is 365 g/mol. The number of hydrogen-bond acceptors (Lipinski definition) is 5. The van der Waals surface area contributed by atoms with Crippen molar-refractivity contribution in [1.29, 1.82) is 0 Å². The number of amides is 2. The Balaban J connectivity index is 0.00000225. The molecule has 2 aromatic rings. The minimum Gasteiger partial charge on any atom is -0.507 e. The number of hydrogen-bond donors (Lipinski definition) is 2. The van der Waals surface area contributed by atoms with Gasteiger partial charge in [0, 0.05) is 26.2 Å². The van der Waals surface area contributed by atoms with E-state index in [1.807, 2.05) is 0 Å². The molecule has 2 heterocycles. The predicted molar refractivity (Wildman–Crippen MR) is 93.8 cm³/mol. The van der Waals surface area contributed by atoms with Gasteiger partial charge >= 0.3 is 0 Å². The maximum Gasteiger partial charge on any atom is 0.257 e. The van der Waals surface area contributed by atoms with Gasteiger partial charge in [0.25, 0.3) is 11.8 Å². The lowest BCUT2D eigenvalue weighted by Gasteiger charge is -2.34. The van der Waals surface area contributed by atoms with Gasteiger partial charge in [-0.1, -0.05) is 12.1 Å². The van der Waals surface area contributed by atoms with Crippen LogP contribution in [0, 0.1) is 0 Å². The average molecular weight is 366 g/mol. The molecule has 134 valence electrons. The summed E-state index contributed by atoms with van der Waals surface area (Å²) < 4.78 is 5.19. The molecule has 1 aliphatic rings. The zero-order chi connectivity index (χ0) is 17.1. The lowest BCUT2D eigenvalue weighted by molar-refractivity contribution is 0.0533. The zero-order valence-corrected chi connectivity index (χ0v) is 14.4. The SMILES string of the molecule is Cl.NCc1cc(C(=O)N2CCN(C(=O)c3ccccc3O)CC2)co1. The minimum atomic E-state index is -0.228. The summed E-state index contributed by atoms with van der Waals surface area (Å²) >= 11 is 0. The summed E-state index contributed by atoms with van der Waals surface area (Å²) in [7, 11) is 0. The molecule has 7 nitrogen and oxygen atoms in total. The fraction of sp³-hybridized carbons (Fsp3) is 0.294. The number of phenols is 1. The highest BCUT2D eigenvalue weighted by Crippen LogP contribution is 2.19. The van der Waals surface area contributed by atoms with Crippen molar-refractivity contribution in [3.05, 3.63) is 53.5 Å². The summed E-state index contributed by atoms with van der Waals surface area (Å²) in [6.07, 6.45) is 1.41. The van der Waals surface area contributed by atoms with Crippen LogP contribution in [0.2, 0.25) is 0 Å². The Morgan fingerprint density at radius 1 is 1.08 bits per heavy atom. The summed E-state index contributed by atoms with van der Waals surface area (Å²) in [5.41, 5.74) is 6.22. The van der Waals surface area contributed by atoms with Crippen LogP contribution in [0.25, 0.3) is 0 Å². The van der Waals surface area contributed by atoms with Crippen molar-refractivity contribution in [3.63, 3.8) is 0 Å². The first kappa shape index (κ1) is 18.8. The number of rotatable bonds is 3. The first-order valence-corrected chi connectivity index (χ1v) is 7.74. The van der Waals surface area contributed by atoms with Crippen LogP contribution in [0.5, 0.6) is 5.75 Å². The molecule has 2 amide bonds. The molecule has 1 aromatic heterocycles. The molecule has 0 bridgehead atoms. The fourth-order valence-corrected chi connectivity index (χ4v) is 2.72. The van der Waals surface area contributed by atoms with E-state index >= 15 is 0 Å². The first-order chi connectivity index (χ1) is 11.6. The Morgan fingerprint density at radius 2 is 1.68 bits per heavy atom. The number of benzene rings is 1. The second kappa shape index (κ2) is 8.04. The fourth-order valence-electron chi connectivity index (χ4n) is 2.72. The van der Waals surface area contributed by atoms with Crippen LogP contribution in [0.3, 0.4) is 0 Å². The highest BCUT2D eigenvalue weighted by atomic mass is 35.5. The topological polar surface area (TPSA) is 100 Å². The van der Waals surface area contributed by atoms with Gasteiger partial charge in [0.1, 0.15) is 17.8 Å². The van der Waals surface area contributed by atoms with Crippen LogP contribution in [0.1, 0.15) is 26.5 Å². The molecule has 1 saturated heterocycles. The smallest absolute Gasteiger partial charge is 0.257 e. The van der Waals surface area contributed by atoms with Crippen LogP contribution in [-0.4, -0.2) is 52.9 Å². The van der Waals surface area contributed by atoms with E-state index in [0.717, 1.165) is 0 Å². The van der Waals surface area contributed by atoms with E-state index in [2.05, 4.69) is 0 Å². The molecule has 25 heavy (non-hydrogen) atoms. The van der Waals surface area contributed by atoms with Crippen LogP contribution < -0.4 is 5.73 Å². The number of furan rings is 1. The van der Waals surface area contributed by atoms with Crippen LogP contribution in [-0.2, 0) is 6.54 Å². The average Bonchev–Trinajstić information content (AvgIpc) is 3.10. The maximum absolute atomic E-state index is 12.4. The van der Waals surface area contributed by atoms with Crippen molar-refractivity contribution >= 4 is 24.2 Å². The Hall–Kier alpha value is -2.51. The van der Waals surface area contributed by atoms with E-state index in [1.165, 1.54) is 12.3 Å². The number of carbonyl (C=O) groups is 2. The van der Waals surface area contributed by atoms with Gasteiger partial charge in [-0.25, -0.2) is 0 Å². The van der Waals surface area contributed by atoms with Crippen molar-refractivity contribution in [2.75, 3.05) is 26.2 Å². The van der Waals surface area contributed by atoms with Gasteiger partial charge in [-0.15, -0.1) is 12.4 Å². The lowest BCUT2D eigenvalue weighted by Crippen LogP contribution is -2.50. The summed E-state index contributed by atoms with van der Waals surface area (Å²) in [6.45, 7) is 1.94. The van der Waals surface area contributed by atoms with E-state index in [9.17, 15) is 14.7 Å². The maximum atomic E-state index is 12.4.